The van der Waals surface area contributed by atoms with E-state index in [2.05, 4.69) is 30.7 Å². The van der Waals surface area contributed by atoms with E-state index in [9.17, 15) is 4.79 Å². The fraction of sp³-hybridized carbons (Fsp3) is 0.625. The molecular formula is C16H20BrN3O2. The van der Waals surface area contributed by atoms with Crippen LogP contribution in [0.2, 0.25) is 0 Å². The number of aromatic nitrogens is 1. The molecule has 0 aromatic carbocycles. The summed E-state index contributed by atoms with van der Waals surface area (Å²) in [6, 6.07) is 2.50. The summed E-state index contributed by atoms with van der Waals surface area (Å²) < 4.78 is 6.94. The molecule has 1 aromatic heterocycles. The summed E-state index contributed by atoms with van der Waals surface area (Å²) >= 11 is 3.46. The van der Waals surface area contributed by atoms with Crippen molar-refractivity contribution < 1.29 is 9.53 Å². The number of ether oxygens (including phenoxy) is 1. The smallest absolute Gasteiger partial charge is 0.240 e. The number of carbonyl (C=O) groups is 1. The first-order valence-electron chi connectivity index (χ1n) is 8.03. The molecule has 0 N–H and O–H groups in total. The van der Waals surface area contributed by atoms with Gasteiger partial charge >= 0.3 is 0 Å². The quantitative estimate of drug-likeness (QED) is 0.819. The van der Waals surface area contributed by atoms with Gasteiger partial charge in [0.05, 0.1) is 10.5 Å². The van der Waals surface area contributed by atoms with Crippen LogP contribution < -0.4 is 4.74 Å². The van der Waals surface area contributed by atoms with Crippen molar-refractivity contribution >= 4 is 21.8 Å². The van der Waals surface area contributed by atoms with Gasteiger partial charge in [0.25, 0.3) is 0 Å². The highest BCUT2D eigenvalue weighted by Gasteiger charge is 2.44. The molecule has 0 radical (unpaired) electrons. The largest absolute Gasteiger partial charge is 0.488 e. The fourth-order valence-electron chi connectivity index (χ4n) is 3.54. The predicted molar refractivity (Wildman–Crippen MR) is 85.7 cm³/mol. The van der Waals surface area contributed by atoms with Crippen LogP contribution in [0.4, 0.5) is 0 Å². The Morgan fingerprint density at radius 3 is 2.86 bits per heavy atom. The molecule has 2 saturated heterocycles. The molecule has 22 heavy (non-hydrogen) atoms. The Labute approximate surface area is 138 Å². The Bertz CT molecular complexity index is 578. The number of pyridine rings is 1. The van der Waals surface area contributed by atoms with Gasteiger partial charge in [-0.15, -0.1) is 0 Å². The highest BCUT2D eigenvalue weighted by molar-refractivity contribution is 9.10. The van der Waals surface area contributed by atoms with Gasteiger partial charge < -0.3 is 9.64 Å². The Hall–Kier alpha value is -1.14. The van der Waals surface area contributed by atoms with E-state index in [0.29, 0.717) is 11.9 Å². The van der Waals surface area contributed by atoms with Gasteiger partial charge in [0, 0.05) is 38.1 Å². The van der Waals surface area contributed by atoms with Crippen molar-refractivity contribution in [1.82, 2.24) is 14.8 Å². The molecule has 1 aromatic rings. The molecule has 1 amide bonds. The second-order valence-electron chi connectivity index (χ2n) is 6.40. The fourth-order valence-corrected chi connectivity index (χ4v) is 3.89. The van der Waals surface area contributed by atoms with Crippen molar-refractivity contribution in [2.45, 2.75) is 43.9 Å². The number of halogens is 1. The van der Waals surface area contributed by atoms with Gasteiger partial charge in [0.2, 0.25) is 5.91 Å². The maximum absolute atomic E-state index is 12.5. The molecule has 1 aliphatic carbocycles. The second kappa shape index (κ2) is 5.81. The van der Waals surface area contributed by atoms with Crippen LogP contribution in [0.5, 0.6) is 5.75 Å². The van der Waals surface area contributed by atoms with E-state index in [1.54, 1.807) is 12.4 Å². The summed E-state index contributed by atoms with van der Waals surface area (Å²) in [6.07, 6.45) is 7.97. The van der Waals surface area contributed by atoms with Gasteiger partial charge in [-0.25, -0.2) is 0 Å². The number of hydrogen-bond acceptors (Lipinski definition) is 4. The molecule has 1 saturated carbocycles. The highest BCUT2D eigenvalue weighted by Crippen LogP contribution is 2.33. The van der Waals surface area contributed by atoms with E-state index >= 15 is 0 Å². The minimum atomic E-state index is 0.0788. The van der Waals surface area contributed by atoms with Crippen LogP contribution in [-0.2, 0) is 4.79 Å². The first kappa shape index (κ1) is 14.5. The Kier molecular flexibility index (Phi) is 3.82. The maximum Gasteiger partial charge on any atom is 0.240 e. The summed E-state index contributed by atoms with van der Waals surface area (Å²) in [7, 11) is 0. The molecular weight excluding hydrogens is 346 g/mol. The lowest BCUT2D eigenvalue weighted by atomic mass is 10.2. The zero-order valence-electron chi connectivity index (χ0n) is 12.4. The van der Waals surface area contributed by atoms with Crippen molar-refractivity contribution in [1.29, 1.82) is 0 Å². The van der Waals surface area contributed by atoms with Crippen molar-refractivity contribution in [3.8, 4) is 5.75 Å². The van der Waals surface area contributed by atoms with Crippen molar-refractivity contribution in [3.63, 3.8) is 0 Å². The first-order chi connectivity index (χ1) is 10.7. The summed E-state index contributed by atoms with van der Waals surface area (Å²) in [4.78, 5) is 21.0. The van der Waals surface area contributed by atoms with Crippen LogP contribution >= 0.6 is 15.9 Å². The minimum absolute atomic E-state index is 0.0788. The Balaban J connectivity index is 1.36. The van der Waals surface area contributed by atoms with Crippen LogP contribution in [0.25, 0.3) is 0 Å². The van der Waals surface area contributed by atoms with E-state index in [4.69, 9.17) is 4.74 Å². The zero-order valence-corrected chi connectivity index (χ0v) is 14.0. The number of likely N-dealkylation sites (tertiary alicyclic amines) is 2. The lowest BCUT2D eigenvalue weighted by molar-refractivity contribution is -0.132. The van der Waals surface area contributed by atoms with Crippen molar-refractivity contribution in [2.75, 3.05) is 19.6 Å². The third-order valence-corrected chi connectivity index (χ3v) is 5.44. The standard InChI is InChI=1S/C16H20BrN3O2/c17-13-9-18-6-3-15(13)22-12-4-7-19(10-12)14-5-8-20(16(14)21)11-1-2-11/h3,6,9,11-12,14H,1-2,4-5,7-8,10H2. The molecule has 2 aliphatic heterocycles. The van der Waals surface area contributed by atoms with Crippen molar-refractivity contribution in [2.24, 2.45) is 0 Å². The number of carbonyl (C=O) groups excluding carboxylic acids is 1. The second-order valence-corrected chi connectivity index (χ2v) is 7.25. The van der Waals surface area contributed by atoms with Crippen LogP contribution in [0, 0.1) is 0 Å². The lowest BCUT2D eigenvalue weighted by Crippen LogP contribution is -2.41. The van der Waals surface area contributed by atoms with Gasteiger partial charge in [0.15, 0.2) is 0 Å². The van der Waals surface area contributed by atoms with E-state index < -0.39 is 0 Å². The zero-order chi connectivity index (χ0) is 15.1. The Morgan fingerprint density at radius 2 is 2.09 bits per heavy atom. The number of rotatable bonds is 4. The average Bonchev–Trinajstić information content (AvgIpc) is 3.13. The molecule has 3 aliphatic rings. The Morgan fingerprint density at radius 1 is 1.23 bits per heavy atom. The minimum Gasteiger partial charge on any atom is -0.488 e. The van der Waals surface area contributed by atoms with Gasteiger partial charge in [-0.05, 0) is 47.7 Å². The molecule has 2 unspecified atom stereocenters. The van der Waals surface area contributed by atoms with Gasteiger partial charge in [0.1, 0.15) is 11.9 Å². The van der Waals surface area contributed by atoms with Gasteiger partial charge in [-0.3, -0.25) is 14.7 Å². The predicted octanol–water partition coefficient (Wildman–Crippen LogP) is 2.06. The van der Waals surface area contributed by atoms with Crippen molar-refractivity contribution in [3.05, 3.63) is 22.9 Å². The molecule has 6 heteroatoms. The van der Waals surface area contributed by atoms with Crippen LogP contribution in [0.15, 0.2) is 22.9 Å². The lowest BCUT2D eigenvalue weighted by Gasteiger charge is -2.23. The topological polar surface area (TPSA) is 45.7 Å². The third kappa shape index (κ3) is 2.74. The molecule has 0 spiro atoms. The van der Waals surface area contributed by atoms with Crippen LogP contribution in [-0.4, -0.2) is 58.5 Å². The summed E-state index contributed by atoms with van der Waals surface area (Å²) in [5, 5.41) is 0. The molecule has 2 atom stereocenters. The summed E-state index contributed by atoms with van der Waals surface area (Å²) in [6.45, 7) is 2.72. The molecule has 118 valence electrons. The SMILES string of the molecule is O=C1C(N2CCC(Oc3ccncc3Br)C2)CCN1C1CC1. The van der Waals surface area contributed by atoms with Gasteiger partial charge in [-0.1, -0.05) is 0 Å². The molecule has 3 fully saturated rings. The maximum atomic E-state index is 12.5. The monoisotopic (exact) mass is 365 g/mol. The molecule has 5 nitrogen and oxygen atoms in total. The first-order valence-corrected chi connectivity index (χ1v) is 8.82. The molecule has 0 bridgehead atoms. The van der Waals surface area contributed by atoms with E-state index in [0.717, 1.165) is 42.7 Å². The molecule has 3 heterocycles. The number of hydrogen-bond donors (Lipinski definition) is 0. The summed E-state index contributed by atoms with van der Waals surface area (Å²) in [5.74, 6) is 1.17. The van der Waals surface area contributed by atoms with Crippen LogP contribution in [0.3, 0.4) is 0 Å². The van der Waals surface area contributed by atoms with E-state index in [1.807, 2.05) is 6.07 Å². The van der Waals surface area contributed by atoms with E-state index in [-0.39, 0.29) is 12.1 Å². The van der Waals surface area contributed by atoms with Crippen LogP contribution in [0.1, 0.15) is 25.7 Å². The van der Waals surface area contributed by atoms with E-state index in [1.165, 1.54) is 12.8 Å². The molecule has 4 rings (SSSR count). The summed E-state index contributed by atoms with van der Waals surface area (Å²) in [5.41, 5.74) is 0. The number of amides is 1. The average molecular weight is 366 g/mol. The number of nitrogens with zero attached hydrogens (tertiary/aromatic N) is 3. The van der Waals surface area contributed by atoms with Gasteiger partial charge in [-0.2, -0.15) is 0 Å². The normalized spacial score (nSPS) is 29.3. The highest BCUT2D eigenvalue weighted by atomic mass is 79.9. The third-order valence-electron chi connectivity index (χ3n) is 4.85.